The Morgan fingerprint density at radius 1 is 1.40 bits per heavy atom. The summed E-state index contributed by atoms with van der Waals surface area (Å²) >= 11 is 0. The first-order chi connectivity index (χ1) is 9.12. The maximum absolute atomic E-state index is 12.4. The molecule has 1 heterocycles. The number of aryl methyl sites for hydroxylation is 1. The summed E-state index contributed by atoms with van der Waals surface area (Å²) in [5.41, 5.74) is 0. The van der Waals surface area contributed by atoms with Gasteiger partial charge in [0.1, 0.15) is 16.7 Å². The average Bonchev–Trinajstić information content (AvgIpc) is 2.72. The lowest BCUT2D eigenvalue weighted by Gasteiger charge is -2.23. The first kappa shape index (κ1) is 16.2. The van der Waals surface area contributed by atoms with Crippen LogP contribution in [0.25, 0.3) is 0 Å². The predicted octanol–water partition coefficient (Wildman–Crippen LogP) is 0.770. The Morgan fingerprint density at radius 2 is 1.95 bits per heavy atom. The number of carboxylic acids is 2. The molecular formula is C11H15NO7S. The van der Waals surface area contributed by atoms with Gasteiger partial charge in [0.25, 0.3) is 0 Å². The van der Waals surface area contributed by atoms with E-state index < -0.39 is 33.8 Å². The molecule has 2 N–H and O–H groups in total. The lowest BCUT2D eigenvalue weighted by Crippen LogP contribution is -2.43. The van der Waals surface area contributed by atoms with E-state index in [1.165, 1.54) is 20.8 Å². The molecule has 0 fully saturated rings. The number of carboxylic acid groups (broad SMARTS) is 2. The van der Waals surface area contributed by atoms with Crippen LogP contribution in [0.15, 0.2) is 15.4 Å². The summed E-state index contributed by atoms with van der Waals surface area (Å²) in [6, 6.07) is -0.392. The van der Waals surface area contributed by atoms with E-state index in [-0.39, 0.29) is 17.2 Å². The van der Waals surface area contributed by atoms with Crippen LogP contribution < -0.4 is 0 Å². The second-order valence-electron chi connectivity index (χ2n) is 4.06. The minimum atomic E-state index is -4.14. The normalized spacial score (nSPS) is 13.4. The van der Waals surface area contributed by atoms with E-state index in [1.807, 2.05) is 0 Å². The van der Waals surface area contributed by atoms with Crippen molar-refractivity contribution in [2.75, 3.05) is 6.54 Å². The minimum Gasteiger partial charge on any atom is -0.480 e. The molecule has 0 aliphatic rings. The number of nitrogens with zero attached hydrogens (tertiary/aromatic N) is 1. The highest BCUT2D eigenvalue weighted by molar-refractivity contribution is 7.89. The molecule has 20 heavy (non-hydrogen) atoms. The summed E-state index contributed by atoms with van der Waals surface area (Å²) in [6.45, 7) is 3.96. The maximum atomic E-state index is 12.4. The van der Waals surface area contributed by atoms with Gasteiger partial charge in [-0.2, -0.15) is 4.31 Å². The average molecular weight is 305 g/mol. The Morgan fingerprint density at radius 3 is 2.30 bits per heavy atom. The smallest absolute Gasteiger partial charge is 0.371 e. The lowest BCUT2D eigenvalue weighted by atomic mass is 10.3. The fraction of sp³-hybridized carbons (Fsp3) is 0.455. The van der Waals surface area contributed by atoms with Crippen molar-refractivity contribution in [3.63, 3.8) is 0 Å². The van der Waals surface area contributed by atoms with Gasteiger partial charge in [-0.1, -0.05) is 6.92 Å². The zero-order valence-electron chi connectivity index (χ0n) is 11.2. The third kappa shape index (κ3) is 2.83. The van der Waals surface area contributed by atoms with Crippen LogP contribution in [0, 0.1) is 6.92 Å². The number of furan rings is 1. The summed E-state index contributed by atoms with van der Waals surface area (Å²) in [5.74, 6) is -3.31. The third-order valence-corrected chi connectivity index (χ3v) is 4.92. The molecule has 1 aromatic rings. The second-order valence-corrected chi connectivity index (χ2v) is 5.92. The topological polar surface area (TPSA) is 125 Å². The van der Waals surface area contributed by atoms with Gasteiger partial charge in [0, 0.05) is 12.6 Å². The van der Waals surface area contributed by atoms with E-state index in [0.717, 1.165) is 10.4 Å². The van der Waals surface area contributed by atoms with Gasteiger partial charge in [0.05, 0.1) is 0 Å². The molecule has 0 radical (unpaired) electrons. The summed E-state index contributed by atoms with van der Waals surface area (Å²) in [4.78, 5) is 21.4. The molecule has 9 heteroatoms. The zero-order chi connectivity index (χ0) is 15.7. The molecular weight excluding hydrogens is 290 g/mol. The van der Waals surface area contributed by atoms with Gasteiger partial charge in [-0.3, -0.25) is 4.79 Å². The van der Waals surface area contributed by atoms with Crippen molar-refractivity contribution >= 4 is 22.0 Å². The summed E-state index contributed by atoms with van der Waals surface area (Å²) < 4.78 is 30.4. The first-order valence-corrected chi connectivity index (χ1v) is 7.15. The standard InChI is InChI=1S/C11H15NO7S/c1-4-12(6(2)10(13)14)20(17,18)9-5-8(11(15)16)19-7(9)3/h5-6H,4H2,1-3H3,(H,13,14)(H,15,16). The van der Waals surface area contributed by atoms with E-state index in [0.29, 0.717) is 0 Å². The van der Waals surface area contributed by atoms with Crippen molar-refractivity contribution in [2.45, 2.75) is 31.7 Å². The van der Waals surface area contributed by atoms with Crippen molar-refractivity contribution in [3.05, 3.63) is 17.6 Å². The zero-order valence-corrected chi connectivity index (χ0v) is 12.0. The molecule has 0 saturated heterocycles. The number of hydrogen-bond donors (Lipinski definition) is 2. The largest absolute Gasteiger partial charge is 0.480 e. The first-order valence-electron chi connectivity index (χ1n) is 5.71. The van der Waals surface area contributed by atoms with Crippen LogP contribution in [0.4, 0.5) is 0 Å². The Kier molecular flexibility index (Phi) is 4.56. The van der Waals surface area contributed by atoms with Gasteiger partial charge >= 0.3 is 11.9 Å². The number of likely N-dealkylation sites (N-methyl/N-ethyl adjacent to an activating group) is 1. The molecule has 0 saturated carbocycles. The highest BCUT2D eigenvalue weighted by Gasteiger charge is 2.34. The Hall–Kier alpha value is -1.87. The van der Waals surface area contributed by atoms with Gasteiger partial charge in [0.2, 0.25) is 15.8 Å². The fourth-order valence-electron chi connectivity index (χ4n) is 1.73. The van der Waals surface area contributed by atoms with Crippen LogP contribution in [-0.4, -0.2) is 47.5 Å². The molecule has 8 nitrogen and oxygen atoms in total. The number of rotatable bonds is 6. The van der Waals surface area contributed by atoms with Crippen molar-refractivity contribution in [1.29, 1.82) is 0 Å². The summed E-state index contributed by atoms with van der Waals surface area (Å²) in [7, 11) is -4.14. The number of hydrogen-bond acceptors (Lipinski definition) is 5. The number of aliphatic carboxylic acids is 1. The Labute approximate surface area is 115 Å². The lowest BCUT2D eigenvalue weighted by molar-refractivity contribution is -0.140. The molecule has 1 atom stereocenters. The van der Waals surface area contributed by atoms with Crippen molar-refractivity contribution in [3.8, 4) is 0 Å². The number of carbonyl (C=O) groups is 2. The van der Waals surface area contributed by atoms with Crippen LogP contribution in [0.1, 0.15) is 30.2 Å². The number of aromatic carboxylic acids is 1. The van der Waals surface area contributed by atoms with E-state index in [4.69, 9.17) is 14.6 Å². The SMILES string of the molecule is CCN(C(C)C(=O)O)S(=O)(=O)c1cc(C(=O)O)oc1C. The van der Waals surface area contributed by atoms with Crippen LogP contribution in [0.5, 0.6) is 0 Å². The van der Waals surface area contributed by atoms with E-state index in [9.17, 15) is 18.0 Å². The van der Waals surface area contributed by atoms with Crippen molar-refractivity contribution < 1.29 is 32.6 Å². The molecule has 1 aromatic heterocycles. The molecule has 0 aliphatic heterocycles. The van der Waals surface area contributed by atoms with E-state index in [1.54, 1.807) is 0 Å². The van der Waals surface area contributed by atoms with Crippen LogP contribution >= 0.6 is 0 Å². The molecule has 0 spiro atoms. The molecule has 1 unspecified atom stereocenters. The van der Waals surface area contributed by atoms with Crippen molar-refractivity contribution in [2.24, 2.45) is 0 Å². The van der Waals surface area contributed by atoms with Crippen molar-refractivity contribution in [1.82, 2.24) is 4.31 Å². The Balaban J connectivity index is 3.34. The monoisotopic (exact) mass is 305 g/mol. The van der Waals surface area contributed by atoms with Gasteiger partial charge in [0.15, 0.2) is 0 Å². The molecule has 0 amide bonds. The maximum Gasteiger partial charge on any atom is 0.371 e. The Bertz CT molecular complexity index is 631. The van der Waals surface area contributed by atoms with Crippen LogP contribution in [0.2, 0.25) is 0 Å². The van der Waals surface area contributed by atoms with E-state index in [2.05, 4.69) is 0 Å². The second kappa shape index (κ2) is 5.63. The molecule has 0 bridgehead atoms. The summed E-state index contributed by atoms with van der Waals surface area (Å²) in [6.07, 6.45) is 0. The number of sulfonamides is 1. The molecule has 0 aliphatic carbocycles. The quantitative estimate of drug-likeness (QED) is 0.795. The molecule has 1 rings (SSSR count). The van der Waals surface area contributed by atoms with Gasteiger partial charge in [-0.15, -0.1) is 0 Å². The van der Waals surface area contributed by atoms with Crippen LogP contribution in [-0.2, 0) is 14.8 Å². The van der Waals surface area contributed by atoms with E-state index >= 15 is 0 Å². The highest BCUT2D eigenvalue weighted by atomic mass is 32.2. The predicted molar refractivity (Wildman–Crippen MR) is 67.1 cm³/mol. The summed E-state index contributed by atoms with van der Waals surface area (Å²) in [5, 5.41) is 17.7. The molecule has 0 aromatic carbocycles. The highest BCUT2D eigenvalue weighted by Crippen LogP contribution is 2.25. The molecule has 112 valence electrons. The van der Waals surface area contributed by atoms with Gasteiger partial charge in [-0.25, -0.2) is 13.2 Å². The third-order valence-electron chi connectivity index (χ3n) is 2.77. The fourth-order valence-corrected chi connectivity index (χ4v) is 3.49. The van der Waals surface area contributed by atoms with Gasteiger partial charge in [-0.05, 0) is 13.8 Å². The van der Waals surface area contributed by atoms with Gasteiger partial charge < -0.3 is 14.6 Å². The minimum absolute atomic E-state index is 0.0666. The van der Waals surface area contributed by atoms with Crippen LogP contribution in [0.3, 0.4) is 0 Å².